The average Bonchev–Trinajstić information content (AvgIpc) is 2.71. The maximum atomic E-state index is 9.50. The standard InChI is InChI=1S/C19H23ClN4O/c1-13(21)19-17-4-2-3-5-18(17)23(12-16(10-11-25)24(19)22)15-8-6-14(20)7-9-15/h2-9,16,25H,10-12,21-22H2,1H3/b19-13-. The Bertz CT molecular complexity index is 771. The summed E-state index contributed by atoms with van der Waals surface area (Å²) < 4.78 is 0. The van der Waals surface area contributed by atoms with Crippen LogP contribution in [0.15, 0.2) is 54.2 Å². The fourth-order valence-electron chi connectivity index (χ4n) is 3.29. The highest BCUT2D eigenvalue weighted by atomic mass is 35.5. The van der Waals surface area contributed by atoms with E-state index in [1.807, 2.05) is 49.4 Å². The number of halogens is 1. The van der Waals surface area contributed by atoms with E-state index >= 15 is 0 Å². The molecule has 5 N–H and O–H groups in total. The fourth-order valence-corrected chi connectivity index (χ4v) is 3.41. The SMILES string of the molecule is C/C(N)=C1\c2ccccc2N(c2ccc(Cl)cc2)CC(CCO)N1N. The van der Waals surface area contributed by atoms with Gasteiger partial charge in [0.2, 0.25) is 0 Å². The van der Waals surface area contributed by atoms with E-state index in [9.17, 15) is 5.11 Å². The van der Waals surface area contributed by atoms with Gasteiger partial charge < -0.3 is 20.7 Å². The second-order valence-electron chi connectivity index (χ2n) is 6.21. The first-order chi connectivity index (χ1) is 12.0. The number of fused-ring (bicyclic) bond motifs is 1. The number of aliphatic hydroxyl groups excluding tert-OH is 1. The van der Waals surface area contributed by atoms with Gasteiger partial charge in [-0.15, -0.1) is 0 Å². The second kappa shape index (κ2) is 7.35. The van der Waals surface area contributed by atoms with Crippen molar-refractivity contribution in [2.24, 2.45) is 11.6 Å². The number of nitrogens with two attached hydrogens (primary N) is 2. The molecule has 2 aromatic rings. The third kappa shape index (κ3) is 3.44. The quantitative estimate of drug-likeness (QED) is 0.735. The molecule has 6 heteroatoms. The number of benzene rings is 2. The molecule has 2 aromatic carbocycles. The lowest BCUT2D eigenvalue weighted by Crippen LogP contribution is -2.44. The number of hydrogen-bond donors (Lipinski definition) is 3. The highest BCUT2D eigenvalue weighted by Crippen LogP contribution is 2.38. The zero-order valence-electron chi connectivity index (χ0n) is 14.2. The first kappa shape index (κ1) is 17.6. The van der Waals surface area contributed by atoms with Crippen molar-refractivity contribution in [2.75, 3.05) is 18.1 Å². The third-order valence-corrected chi connectivity index (χ3v) is 4.72. The number of hydrogen-bond acceptors (Lipinski definition) is 5. The maximum absolute atomic E-state index is 9.50. The predicted molar refractivity (Wildman–Crippen MR) is 103 cm³/mol. The highest BCUT2D eigenvalue weighted by molar-refractivity contribution is 6.30. The number of aliphatic hydroxyl groups is 1. The van der Waals surface area contributed by atoms with E-state index < -0.39 is 0 Å². The monoisotopic (exact) mass is 358 g/mol. The van der Waals surface area contributed by atoms with E-state index in [0.29, 0.717) is 23.7 Å². The number of rotatable bonds is 3. The van der Waals surface area contributed by atoms with Crippen LogP contribution in [0.5, 0.6) is 0 Å². The summed E-state index contributed by atoms with van der Waals surface area (Å²) in [4.78, 5) is 2.20. The van der Waals surface area contributed by atoms with Crippen molar-refractivity contribution in [3.63, 3.8) is 0 Å². The molecule has 0 aromatic heterocycles. The minimum Gasteiger partial charge on any atom is -0.401 e. The second-order valence-corrected chi connectivity index (χ2v) is 6.65. The Morgan fingerprint density at radius 1 is 1.20 bits per heavy atom. The van der Waals surface area contributed by atoms with Crippen LogP contribution in [0.25, 0.3) is 5.70 Å². The molecule has 5 nitrogen and oxygen atoms in total. The van der Waals surface area contributed by atoms with Gasteiger partial charge in [0.25, 0.3) is 0 Å². The van der Waals surface area contributed by atoms with E-state index in [-0.39, 0.29) is 12.6 Å². The molecule has 0 spiro atoms. The summed E-state index contributed by atoms with van der Waals surface area (Å²) in [7, 11) is 0. The van der Waals surface area contributed by atoms with Crippen molar-refractivity contribution in [2.45, 2.75) is 19.4 Å². The number of anilines is 2. The molecule has 1 unspecified atom stereocenters. The van der Waals surface area contributed by atoms with Gasteiger partial charge in [-0.3, -0.25) is 0 Å². The first-order valence-electron chi connectivity index (χ1n) is 8.26. The first-order valence-corrected chi connectivity index (χ1v) is 8.64. The number of nitrogens with zero attached hydrogens (tertiary/aromatic N) is 2. The molecule has 0 fully saturated rings. The molecular formula is C19H23ClN4O. The number of para-hydroxylation sites is 1. The molecule has 1 heterocycles. The van der Waals surface area contributed by atoms with Crippen molar-refractivity contribution in [3.05, 3.63) is 64.8 Å². The van der Waals surface area contributed by atoms with E-state index in [1.165, 1.54) is 0 Å². The van der Waals surface area contributed by atoms with Crippen LogP contribution in [-0.2, 0) is 0 Å². The summed E-state index contributed by atoms with van der Waals surface area (Å²) in [5.41, 5.74) is 10.6. The van der Waals surface area contributed by atoms with Crippen molar-refractivity contribution >= 4 is 28.7 Å². The lowest BCUT2D eigenvalue weighted by Gasteiger charge is -2.31. The zero-order chi connectivity index (χ0) is 18.0. The molecule has 0 bridgehead atoms. The number of hydrazine groups is 1. The molecule has 1 atom stereocenters. The summed E-state index contributed by atoms with van der Waals surface area (Å²) in [5.74, 6) is 6.43. The van der Waals surface area contributed by atoms with E-state index in [1.54, 1.807) is 5.01 Å². The van der Waals surface area contributed by atoms with Gasteiger partial charge in [0.05, 0.1) is 17.4 Å². The molecule has 0 saturated carbocycles. The Balaban J connectivity index is 2.18. The largest absolute Gasteiger partial charge is 0.401 e. The van der Waals surface area contributed by atoms with Gasteiger partial charge in [-0.25, -0.2) is 5.84 Å². The molecule has 1 aliphatic rings. The van der Waals surface area contributed by atoms with Gasteiger partial charge in [-0.2, -0.15) is 0 Å². The fraction of sp³-hybridized carbons (Fsp3) is 0.263. The van der Waals surface area contributed by atoms with Crippen LogP contribution in [0.2, 0.25) is 5.02 Å². The van der Waals surface area contributed by atoms with Crippen molar-refractivity contribution in [1.82, 2.24) is 5.01 Å². The smallest absolute Gasteiger partial charge is 0.0798 e. The summed E-state index contributed by atoms with van der Waals surface area (Å²) in [6.07, 6.45) is 0.547. The van der Waals surface area contributed by atoms with E-state index in [0.717, 1.165) is 22.6 Å². The van der Waals surface area contributed by atoms with Crippen LogP contribution in [0, 0.1) is 0 Å². The topological polar surface area (TPSA) is 78.8 Å². The molecule has 132 valence electrons. The molecule has 0 saturated heterocycles. The molecule has 0 radical (unpaired) electrons. The van der Waals surface area contributed by atoms with Gasteiger partial charge in [0, 0.05) is 35.1 Å². The Labute approximate surface area is 153 Å². The summed E-state index contributed by atoms with van der Waals surface area (Å²) >= 11 is 6.05. The van der Waals surface area contributed by atoms with Crippen molar-refractivity contribution < 1.29 is 5.11 Å². The Hall–Kier alpha value is -2.21. The lowest BCUT2D eigenvalue weighted by molar-refractivity contribution is 0.217. The zero-order valence-corrected chi connectivity index (χ0v) is 14.9. The van der Waals surface area contributed by atoms with Crippen LogP contribution in [0.4, 0.5) is 11.4 Å². The molecule has 0 amide bonds. The van der Waals surface area contributed by atoms with Crippen LogP contribution in [-0.4, -0.2) is 29.3 Å². The van der Waals surface area contributed by atoms with E-state index in [4.69, 9.17) is 23.2 Å². The molecule has 3 rings (SSSR count). The van der Waals surface area contributed by atoms with Gasteiger partial charge in [-0.05, 0) is 43.7 Å². The summed E-state index contributed by atoms with van der Waals surface area (Å²) in [6.45, 7) is 2.53. The van der Waals surface area contributed by atoms with Gasteiger partial charge in [0.1, 0.15) is 0 Å². The third-order valence-electron chi connectivity index (χ3n) is 4.47. The Morgan fingerprint density at radius 3 is 2.52 bits per heavy atom. The van der Waals surface area contributed by atoms with Crippen LogP contribution in [0.1, 0.15) is 18.9 Å². The van der Waals surface area contributed by atoms with Crippen molar-refractivity contribution in [3.8, 4) is 0 Å². The maximum Gasteiger partial charge on any atom is 0.0798 e. The van der Waals surface area contributed by atoms with Gasteiger partial charge in [-0.1, -0.05) is 29.8 Å². The van der Waals surface area contributed by atoms with Crippen LogP contribution < -0.4 is 16.5 Å². The highest BCUT2D eigenvalue weighted by Gasteiger charge is 2.30. The predicted octanol–water partition coefficient (Wildman–Crippen LogP) is 3.07. The number of allylic oxidation sites excluding steroid dienone is 1. The van der Waals surface area contributed by atoms with Crippen LogP contribution in [0.3, 0.4) is 0 Å². The Morgan fingerprint density at radius 2 is 1.88 bits per heavy atom. The molecule has 25 heavy (non-hydrogen) atoms. The molecule has 1 aliphatic heterocycles. The van der Waals surface area contributed by atoms with Crippen molar-refractivity contribution in [1.29, 1.82) is 0 Å². The average molecular weight is 359 g/mol. The van der Waals surface area contributed by atoms with Gasteiger partial charge in [0.15, 0.2) is 0 Å². The van der Waals surface area contributed by atoms with Gasteiger partial charge >= 0.3 is 0 Å². The minimum atomic E-state index is -0.0819. The molecule has 0 aliphatic carbocycles. The van der Waals surface area contributed by atoms with Crippen LogP contribution >= 0.6 is 11.6 Å². The summed E-state index contributed by atoms with van der Waals surface area (Å²) in [6, 6.07) is 15.7. The Kier molecular flexibility index (Phi) is 5.18. The summed E-state index contributed by atoms with van der Waals surface area (Å²) in [5, 5.41) is 11.9. The molecular weight excluding hydrogens is 336 g/mol. The normalized spacial score (nSPS) is 19.4. The van der Waals surface area contributed by atoms with E-state index in [2.05, 4.69) is 11.0 Å². The minimum absolute atomic E-state index is 0.0556. The lowest BCUT2D eigenvalue weighted by atomic mass is 10.1.